The van der Waals surface area contributed by atoms with Gasteiger partial charge in [-0.3, -0.25) is 0 Å². The fourth-order valence-corrected chi connectivity index (χ4v) is 0.384. The summed E-state index contributed by atoms with van der Waals surface area (Å²) in [5, 5.41) is -1.04. The van der Waals surface area contributed by atoms with E-state index in [0.29, 0.717) is 0 Å². The van der Waals surface area contributed by atoms with Gasteiger partial charge in [0.2, 0.25) is 0 Å². The van der Waals surface area contributed by atoms with Gasteiger partial charge in [0.05, 0.1) is 13.2 Å². The Labute approximate surface area is 126 Å². The second kappa shape index (κ2) is 15.2. The van der Waals surface area contributed by atoms with Gasteiger partial charge < -0.3 is 45.1 Å². The van der Waals surface area contributed by atoms with Crippen molar-refractivity contribution in [3.8, 4) is 0 Å². The molecule has 0 heterocycles. The van der Waals surface area contributed by atoms with Crippen LogP contribution in [-0.2, 0) is 39.6 Å². The third-order valence-corrected chi connectivity index (χ3v) is 0.676. The van der Waals surface area contributed by atoms with E-state index in [-0.39, 0.29) is 77.8 Å². The largest absolute Gasteiger partial charge is 1.00 e. The second-order valence-electron chi connectivity index (χ2n) is 1.24. The first-order valence-electron chi connectivity index (χ1n) is 2.10. The molecule has 0 saturated heterocycles. The fourth-order valence-electron chi connectivity index (χ4n) is 0.218. The molecule has 0 aliphatic heterocycles. The van der Waals surface area contributed by atoms with Crippen LogP contribution in [0.4, 0.5) is 0 Å². The molecule has 0 aliphatic carbocycles. The van der Waals surface area contributed by atoms with Gasteiger partial charge in [-0.1, -0.05) is 0 Å². The first kappa shape index (κ1) is 23.5. The van der Waals surface area contributed by atoms with Crippen LogP contribution >= 0.6 is 0 Å². The van der Waals surface area contributed by atoms with Crippen molar-refractivity contribution >= 4 is 35.5 Å². The van der Waals surface area contributed by atoms with E-state index in [2.05, 4.69) is 30.0 Å². The molecule has 4 nitrogen and oxygen atoms in total. The van der Waals surface area contributed by atoms with Gasteiger partial charge in [-0.25, -0.2) is 0 Å². The molecule has 0 bridgehead atoms. The third-order valence-electron chi connectivity index (χ3n) is 0.440. The van der Waals surface area contributed by atoms with Crippen molar-refractivity contribution in [2.45, 2.75) is 0 Å². The molecular weight excluding hydrogens is 222 g/mol. The molecule has 0 fully saturated rings. The molecule has 0 aromatic carbocycles. The molecule has 0 saturated carbocycles. The molecule has 8 heteroatoms. The summed E-state index contributed by atoms with van der Waals surface area (Å²) in [6.07, 6.45) is 0. The van der Waals surface area contributed by atoms with Gasteiger partial charge in [0.1, 0.15) is 0 Å². The van der Waals surface area contributed by atoms with Gasteiger partial charge in [-0.15, -0.1) is 0 Å². The quantitative estimate of drug-likeness (QED) is 0.353. The van der Waals surface area contributed by atoms with Crippen LogP contribution in [0.25, 0.3) is 0 Å². The predicted octanol–water partition coefficient (Wildman–Crippen LogP) is -7.67. The Morgan fingerprint density at radius 3 is 1.42 bits per heavy atom. The molecule has 12 heavy (non-hydrogen) atoms. The molecule has 0 spiro atoms. The van der Waals surface area contributed by atoms with E-state index in [4.69, 9.17) is 0 Å². The van der Waals surface area contributed by atoms with Gasteiger partial charge >= 0.3 is 59.1 Å². The van der Waals surface area contributed by atoms with E-state index in [0.717, 1.165) is 0 Å². The summed E-state index contributed by atoms with van der Waals surface area (Å²) in [6, 6.07) is 0. The predicted molar refractivity (Wildman–Crippen MR) is 39.2 cm³/mol. The molecule has 0 radical (unpaired) electrons. The molecule has 60 valence electrons. The summed E-state index contributed by atoms with van der Waals surface area (Å²) < 4.78 is 4.45. The van der Waals surface area contributed by atoms with Crippen LogP contribution in [0.3, 0.4) is 0 Å². The number of carbonyl (C=O) groups is 2. The van der Waals surface area contributed by atoms with Gasteiger partial charge in [-0.05, 0) is 0 Å². The van der Waals surface area contributed by atoms with Crippen LogP contribution in [0, 0.1) is 0 Å². The molecule has 0 aromatic heterocycles. The summed E-state index contributed by atoms with van der Waals surface area (Å²) in [4.78, 5) is 19.9. The first-order chi connectivity index (χ1) is 4.13. The monoisotopic (exact) mass is 228 g/mol. The Hall–Kier alpha value is 1.70. The number of hydrogen-bond donors (Lipinski definition) is 0. The van der Waals surface area contributed by atoms with Crippen LogP contribution in [0.15, 0.2) is 0 Å². The van der Waals surface area contributed by atoms with Crippen molar-refractivity contribution in [1.82, 2.24) is 0 Å². The smallest absolute Gasteiger partial charge is 0.740 e. The maximum atomic E-state index is 9.97. The Bertz CT molecular complexity index is 118. The van der Waals surface area contributed by atoms with Crippen molar-refractivity contribution in [3.63, 3.8) is 0 Å². The summed E-state index contributed by atoms with van der Waals surface area (Å²) in [5.74, 6) is 0. The number of rotatable bonds is 4. The average molecular weight is 228 g/mol. The normalized spacial score (nSPS) is 6.67. The van der Waals surface area contributed by atoms with Crippen LogP contribution in [0.5, 0.6) is 0 Å². The molecule has 0 rings (SSSR count). The molecule has 0 atom stereocenters. The van der Waals surface area contributed by atoms with E-state index in [1.807, 2.05) is 0 Å². The van der Waals surface area contributed by atoms with Gasteiger partial charge in [-0.2, -0.15) is 0 Å². The zero-order valence-corrected chi connectivity index (χ0v) is 12.6. The van der Waals surface area contributed by atoms with E-state index in [9.17, 15) is 9.59 Å². The van der Waals surface area contributed by atoms with Crippen molar-refractivity contribution in [2.75, 3.05) is 13.2 Å². The average Bonchev–Trinajstić information content (AvgIpc) is 1.63. The third kappa shape index (κ3) is 22.6. The second-order valence-corrected chi connectivity index (χ2v) is 2.15. The van der Waals surface area contributed by atoms with Crippen LogP contribution in [0.1, 0.15) is 0 Å². The number of ether oxygens (including phenoxy) is 1. The Morgan fingerprint density at radius 1 is 1.00 bits per heavy atom. The van der Waals surface area contributed by atoms with Crippen LogP contribution in [-0.4, -0.2) is 28.9 Å². The minimum atomic E-state index is -0.522. The minimum absolute atomic E-state index is 0. The summed E-state index contributed by atoms with van der Waals surface area (Å²) in [7, 11) is 0. The zero-order chi connectivity index (χ0) is 7.28. The molecule has 0 aromatic rings. The molecule has 2 N–H and O–H groups in total. The van der Waals surface area contributed by atoms with Gasteiger partial charge in [0.15, 0.2) is 0 Å². The summed E-state index contributed by atoms with van der Waals surface area (Å²) in [6.45, 7) is -0.421. The molecule has 0 aliphatic rings. The van der Waals surface area contributed by atoms with Gasteiger partial charge in [0, 0.05) is 10.2 Å². The Balaban J connectivity index is -0.000000107. The molecular formula is C4H6Na2O4S2. The van der Waals surface area contributed by atoms with Gasteiger partial charge in [0.25, 0.3) is 0 Å². The summed E-state index contributed by atoms with van der Waals surface area (Å²) in [5.41, 5.74) is 0. The fraction of sp³-hybridized carbons (Fsp3) is 0.500. The topological polar surface area (TPSA) is 74.9 Å². The molecule has 0 unspecified atom stereocenters. The van der Waals surface area contributed by atoms with E-state index in [1.54, 1.807) is 0 Å². The van der Waals surface area contributed by atoms with E-state index in [1.165, 1.54) is 0 Å². The summed E-state index contributed by atoms with van der Waals surface area (Å²) >= 11 is 8.24. The maximum absolute atomic E-state index is 9.97. The maximum Gasteiger partial charge on any atom is 1.00 e. The van der Waals surface area contributed by atoms with Crippen molar-refractivity contribution in [1.29, 1.82) is 0 Å². The minimum Gasteiger partial charge on any atom is -0.740 e. The van der Waals surface area contributed by atoms with Crippen molar-refractivity contribution < 1.29 is 78.9 Å². The van der Waals surface area contributed by atoms with E-state index < -0.39 is 10.2 Å². The SMILES string of the molecule is O.O=C([S-])COCC(=O)[S-].[Na+].[Na+]. The Kier molecular flexibility index (Phi) is 29.7. The number of carbonyl (C=O) groups excluding carboxylic acids is 2. The number of hydrogen-bond acceptors (Lipinski definition) is 5. The van der Waals surface area contributed by atoms with Crippen LogP contribution in [0.2, 0.25) is 0 Å². The van der Waals surface area contributed by atoms with Crippen molar-refractivity contribution in [3.05, 3.63) is 0 Å². The standard InChI is InChI=1S/C4H6O3S2.2Na.H2O/c5-3(8)1-7-2-4(6)9;;;/h1-2H2,(H,5,8)(H,6,9);;;1H2/q;2*+1;/p-2. The first-order valence-corrected chi connectivity index (χ1v) is 2.92. The zero-order valence-electron chi connectivity index (χ0n) is 6.96. The Morgan fingerprint density at radius 2 is 1.25 bits per heavy atom. The van der Waals surface area contributed by atoms with Crippen LogP contribution < -0.4 is 59.1 Å². The van der Waals surface area contributed by atoms with E-state index >= 15 is 0 Å². The molecule has 0 amide bonds. The van der Waals surface area contributed by atoms with Crippen molar-refractivity contribution in [2.24, 2.45) is 0 Å².